The highest BCUT2D eigenvalue weighted by molar-refractivity contribution is 6.01. The van der Waals surface area contributed by atoms with Gasteiger partial charge < -0.3 is 10.6 Å². The molecular weight excluding hydrogens is 240 g/mol. The van der Waals surface area contributed by atoms with Gasteiger partial charge in [0.05, 0.1) is 6.42 Å². The summed E-state index contributed by atoms with van der Waals surface area (Å²) in [5.74, 6) is 2.19. The number of aromatic amines is 1. The molecule has 1 aliphatic carbocycles. The van der Waals surface area contributed by atoms with E-state index in [1.807, 2.05) is 24.8 Å². The Morgan fingerprint density at radius 1 is 1.53 bits per heavy atom. The molecule has 1 aliphatic rings. The van der Waals surface area contributed by atoms with Gasteiger partial charge in [0, 0.05) is 30.8 Å². The molecule has 19 heavy (non-hydrogen) atoms. The maximum absolute atomic E-state index is 7.96. The van der Waals surface area contributed by atoms with E-state index in [0.29, 0.717) is 29.8 Å². The zero-order valence-corrected chi connectivity index (χ0v) is 11.6. The average Bonchev–Trinajstić information content (AvgIpc) is 3.12. The quantitative estimate of drug-likeness (QED) is 0.540. The van der Waals surface area contributed by atoms with Gasteiger partial charge in [-0.25, -0.2) is 4.99 Å². The van der Waals surface area contributed by atoms with Crippen molar-refractivity contribution < 1.29 is 0 Å². The van der Waals surface area contributed by atoms with E-state index in [0.717, 1.165) is 18.8 Å². The molecule has 104 valence electrons. The second kappa shape index (κ2) is 5.86. The van der Waals surface area contributed by atoms with E-state index in [9.17, 15) is 0 Å². The van der Waals surface area contributed by atoms with Crippen LogP contribution >= 0.6 is 0 Å². The Kier molecular flexibility index (Phi) is 4.19. The molecule has 0 saturated heterocycles. The standard InChI is InChI=1S/C13H22N6/c1-3-19(4-2)12(15)8-11(14)16-13-7-10(17-18-13)9-5-6-9/h7,9,15H,3-6,8H2,1-2H3,(H3,14,16,17,18). The monoisotopic (exact) mass is 262 g/mol. The van der Waals surface area contributed by atoms with Gasteiger partial charge in [0.2, 0.25) is 0 Å². The molecule has 6 heteroatoms. The molecule has 0 radical (unpaired) electrons. The highest BCUT2D eigenvalue weighted by Crippen LogP contribution is 2.39. The van der Waals surface area contributed by atoms with Crippen molar-refractivity contribution in [2.45, 2.75) is 39.0 Å². The van der Waals surface area contributed by atoms with Crippen LogP contribution in [0.4, 0.5) is 5.82 Å². The van der Waals surface area contributed by atoms with Crippen molar-refractivity contribution in [1.29, 1.82) is 5.41 Å². The molecule has 1 saturated carbocycles. The van der Waals surface area contributed by atoms with Crippen molar-refractivity contribution in [3.05, 3.63) is 11.8 Å². The molecule has 0 atom stereocenters. The summed E-state index contributed by atoms with van der Waals surface area (Å²) >= 11 is 0. The molecule has 1 aromatic heterocycles. The molecule has 0 amide bonds. The molecule has 0 spiro atoms. The lowest BCUT2D eigenvalue weighted by Gasteiger charge is -2.21. The minimum atomic E-state index is 0.368. The molecule has 2 rings (SSSR count). The van der Waals surface area contributed by atoms with Crippen LogP contribution in [0.1, 0.15) is 44.7 Å². The Labute approximate surface area is 113 Å². The van der Waals surface area contributed by atoms with Crippen molar-refractivity contribution in [1.82, 2.24) is 15.1 Å². The lowest BCUT2D eigenvalue weighted by molar-refractivity contribution is 0.457. The van der Waals surface area contributed by atoms with Crippen LogP contribution in [0.25, 0.3) is 0 Å². The normalized spacial score (nSPS) is 15.6. The number of amidine groups is 2. The fourth-order valence-electron chi connectivity index (χ4n) is 2.06. The van der Waals surface area contributed by atoms with Crippen molar-refractivity contribution in [2.75, 3.05) is 13.1 Å². The van der Waals surface area contributed by atoms with E-state index >= 15 is 0 Å². The van der Waals surface area contributed by atoms with E-state index in [1.54, 1.807) is 0 Å². The first-order valence-corrected chi connectivity index (χ1v) is 6.84. The molecule has 0 aliphatic heterocycles. The number of hydrogen-bond donors (Lipinski definition) is 3. The van der Waals surface area contributed by atoms with Gasteiger partial charge in [-0.05, 0) is 26.7 Å². The molecule has 4 N–H and O–H groups in total. The highest BCUT2D eigenvalue weighted by atomic mass is 15.2. The van der Waals surface area contributed by atoms with Crippen molar-refractivity contribution in [3.63, 3.8) is 0 Å². The zero-order valence-electron chi connectivity index (χ0n) is 11.6. The third-order valence-corrected chi connectivity index (χ3v) is 3.35. The van der Waals surface area contributed by atoms with Gasteiger partial charge in [-0.2, -0.15) is 5.10 Å². The molecule has 0 unspecified atom stereocenters. The van der Waals surface area contributed by atoms with E-state index in [1.165, 1.54) is 12.8 Å². The SMILES string of the molecule is CCN(CC)C(=N)CC(N)=Nc1cc(C2CC2)[nH]n1. The second-order valence-electron chi connectivity index (χ2n) is 4.85. The molecular formula is C13H22N6. The van der Waals surface area contributed by atoms with Crippen LogP contribution in [0, 0.1) is 5.41 Å². The third-order valence-electron chi connectivity index (χ3n) is 3.35. The molecule has 0 bridgehead atoms. The van der Waals surface area contributed by atoms with Gasteiger partial charge in [0.1, 0.15) is 11.7 Å². The summed E-state index contributed by atoms with van der Waals surface area (Å²) in [7, 11) is 0. The predicted octanol–water partition coefficient (Wildman–Crippen LogP) is 1.98. The summed E-state index contributed by atoms with van der Waals surface area (Å²) in [5, 5.41) is 15.1. The topological polar surface area (TPSA) is 94.1 Å². The Balaban J connectivity index is 1.95. The van der Waals surface area contributed by atoms with Crippen molar-refractivity contribution in [3.8, 4) is 0 Å². The van der Waals surface area contributed by atoms with Crippen LogP contribution in [-0.2, 0) is 0 Å². The number of nitrogens with one attached hydrogen (secondary N) is 2. The number of nitrogens with two attached hydrogens (primary N) is 1. The number of aromatic nitrogens is 2. The molecule has 1 fully saturated rings. The molecule has 1 heterocycles. The van der Waals surface area contributed by atoms with E-state index in [4.69, 9.17) is 11.1 Å². The van der Waals surface area contributed by atoms with Gasteiger partial charge in [-0.3, -0.25) is 10.5 Å². The van der Waals surface area contributed by atoms with Crippen LogP contribution in [0.5, 0.6) is 0 Å². The Hall–Kier alpha value is -1.85. The Morgan fingerprint density at radius 2 is 2.21 bits per heavy atom. The third kappa shape index (κ3) is 3.56. The first-order chi connectivity index (χ1) is 9.13. The summed E-state index contributed by atoms with van der Waals surface area (Å²) < 4.78 is 0. The lowest BCUT2D eigenvalue weighted by atomic mass is 10.3. The lowest BCUT2D eigenvalue weighted by Crippen LogP contribution is -2.33. The fraction of sp³-hybridized carbons (Fsp3) is 0.615. The summed E-state index contributed by atoms with van der Waals surface area (Å²) in [5.41, 5.74) is 7.03. The van der Waals surface area contributed by atoms with Crippen LogP contribution in [0.2, 0.25) is 0 Å². The van der Waals surface area contributed by atoms with Crippen LogP contribution in [0.15, 0.2) is 11.1 Å². The summed E-state index contributed by atoms with van der Waals surface area (Å²) in [6.07, 6.45) is 2.83. The van der Waals surface area contributed by atoms with Crippen LogP contribution in [0.3, 0.4) is 0 Å². The summed E-state index contributed by atoms with van der Waals surface area (Å²) in [6, 6.07) is 1.95. The Bertz CT molecular complexity index is 467. The van der Waals surface area contributed by atoms with Gasteiger partial charge in [0.15, 0.2) is 5.82 Å². The van der Waals surface area contributed by atoms with Gasteiger partial charge in [0.25, 0.3) is 0 Å². The minimum Gasteiger partial charge on any atom is -0.387 e. The number of H-pyrrole nitrogens is 1. The number of nitrogens with zero attached hydrogens (tertiary/aromatic N) is 3. The van der Waals surface area contributed by atoms with Gasteiger partial charge >= 0.3 is 0 Å². The van der Waals surface area contributed by atoms with Crippen LogP contribution < -0.4 is 5.73 Å². The fourth-order valence-corrected chi connectivity index (χ4v) is 2.06. The largest absolute Gasteiger partial charge is 0.387 e. The smallest absolute Gasteiger partial charge is 0.175 e. The number of aliphatic imine (C=N–C) groups is 1. The second-order valence-corrected chi connectivity index (χ2v) is 4.85. The first-order valence-electron chi connectivity index (χ1n) is 6.84. The number of rotatable bonds is 6. The van der Waals surface area contributed by atoms with E-state index in [-0.39, 0.29) is 0 Å². The maximum atomic E-state index is 7.96. The Morgan fingerprint density at radius 3 is 2.79 bits per heavy atom. The maximum Gasteiger partial charge on any atom is 0.175 e. The molecule has 0 aromatic carbocycles. The zero-order chi connectivity index (χ0) is 13.8. The first kappa shape index (κ1) is 13.6. The summed E-state index contributed by atoms with van der Waals surface area (Å²) in [6.45, 7) is 5.69. The van der Waals surface area contributed by atoms with Gasteiger partial charge in [-0.1, -0.05) is 0 Å². The minimum absolute atomic E-state index is 0.368. The van der Waals surface area contributed by atoms with E-state index < -0.39 is 0 Å². The summed E-state index contributed by atoms with van der Waals surface area (Å²) in [4.78, 5) is 6.23. The van der Waals surface area contributed by atoms with Crippen molar-refractivity contribution >= 4 is 17.5 Å². The molecule has 1 aromatic rings. The van der Waals surface area contributed by atoms with E-state index in [2.05, 4.69) is 15.2 Å². The van der Waals surface area contributed by atoms with Gasteiger partial charge in [-0.15, -0.1) is 0 Å². The van der Waals surface area contributed by atoms with Crippen molar-refractivity contribution in [2.24, 2.45) is 10.7 Å². The average molecular weight is 262 g/mol. The number of hydrogen-bond acceptors (Lipinski definition) is 3. The highest BCUT2D eigenvalue weighted by Gasteiger charge is 2.25. The predicted molar refractivity (Wildman–Crippen MR) is 77.1 cm³/mol. The van der Waals surface area contributed by atoms with Crippen LogP contribution in [-0.4, -0.2) is 39.9 Å². The molecule has 6 nitrogen and oxygen atoms in total.